The summed E-state index contributed by atoms with van der Waals surface area (Å²) in [5, 5.41) is 9.21. The fourth-order valence-electron chi connectivity index (χ4n) is 2.15. The van der Waals surface area contributed by atoms with Crippen molar-refractivity contribution in [2.45, 2.75) is 19.9 Å². The third-order valence-electron chi connectivity index (χ3n) is 3.26. The number of aliphatic hydroxyl groups is 1. The summed E-state index contributed by atoms with van der Waals surface area (Å²) in [6, 6.07) is 0.155. The van der Waals surface area contributed by atoms with E-state index in [1.165, 1.54) is 0 Å². The van der Waals surface area contributed by atoms with Crippen LogP contribution in [0.1, 0.15) is 13.8 Å². The monoisotopic (exact) mass is 297 g/mol. The van der Waals surface area contributed by atoms with E-state index in [0.29, 0.717) is 37.6 Å². The van der Waals surface area contributed by atoms with Gasteiger partial charge >= 0.3 is 0 Å². The molecule has 1 aliphatic rings. The molecule has 0 aromatic carbocycles. The van der Waals surface area contributed by atoms with Gasteiger partial charge in [-0.3, -0.25) is 5.43 Å². The van der Waals surface area contributed by atoms with Crippen LogP contribution < -0.4 is 21.1 Å². The minimum absolute atomic E-state index is 0.0299. The van der Waals surface area contributed by atoms with Crippen molar-refractivity contribution in [1.29, 1.82) is 0 Å². The topological polar surface area (TPSA) is 113 Å². The van der Waals surface area contributed by atoms with Crippen LogP contribution in [0.2, 0.25) is 0 Å². The Balaban J connectivity index is 2.31. The molecule has 1 aromatic rings. The number of anilines is 3. The van der Waals surface area contributed by atoms with E-state index in [4.69, 9.17) is 10.6 Å². The normalized spacial score (nSPS) is 15.4. The Morgan fingerprint density at radius 1 is 1.33 bits per heavy atom. The second-order valence-electron chi connectivity index (χ2n) is 5.01. The van der Waals surface area contributed by atoms with Crippen molar-refractivity contribution in [3.63, 3.8) is 0 Å². The molecule has 1 saturated heterocycles. The Morgan fingerprint density at radius 3 is 2.62 bits per heavy atom. The van der Waals surface area contributed by atoms with E-state index >= 15 is 0 Å². The molecular formula is C12H23N7O2. The Hall–Kier alpha value is -1.71. The Bertz CT molecular complexity index is 451. The molecule has 9 nitrogen and oxygen atoms in total. The van der Waals surface area contributed by atoms with Crippen LogP contribution in [0.25, 0.3) is 0 Å². The molecule has 4 N–H and O–H groups in total. The molecule has 0 radical (unpaired) electrons. The van der Waals surface area contributed by atoms with Crippen molar-refractivity contribution in [3.05, 3.63) is 0 Å². The largest absolute Gasteiger partial charge is 0.395 e. The van der Waals surface area contributed by atoms with E-state index in [2.05, 4.69) is 20.4 Å². The maximum absolute atomic E-state index is 9.21. The van der Waals surface area contributed by atoms with Gasteiger partial charge < -0.3 is 19.6 Å². The first kappa shape index (κ1) is 15.7. The van der Waals surface area contributed by atoms with Crippen molar-refractivity contribution in [2.75, 3.05) is 54.7 Å². The van der Waals surface area contributed by atoms with Gasteiger partial charge in [0.05, 0.1) is 19.8 Å². The average Bonchev–Trinajstić information content (AvgIpc) is 2.52. The number of aliphatic hydroxyl groups excluding tert-OH is 1. The first-order valence-corrected chi connectivity index (χ1v) is 7.08. The van der Waals surface area contributed by atoms with Gasteiger partial charge in [0.25, 0.3) is 0 Å². The van der Waals surface area contributed by atoms with E-state index in [-0.39, 0.29) is 12.6 Å². The minimum Gasteiger partial charge on any atom is -0.395 e. The number of hydrazine groups is 1. The Morgan fingerprint density at radius 2 is 2.05 bits per heavy atom. The van der Waals surface area contributed by atoms with E-state index < -0.39 is 0 Å². The van der Waals surface area contributed by atoms with Crippen LogP contribution in [0.3, 0.4) is 0 Å². The van der Waals surface area contributed by atoms with Crippen molar-refractivity contribution in [3.8, 4) is 0 Å². The van der Waals surface area contributed by atoms with E-state index in [1.807, 2.05) is 23.6 Å². The number of ether oxygens (including phenoxy) is 1. The van der Waals surface area contributed by atoms with Gasteiger partial charge in [-0.15, -0.1) is 0 Å². The summed E-state index contributed by atoms with van der Waals surface area (Å²) in [7, 11) is 0. The fourth-order valence-corrected chi connectivity index (χ4v) is 2.15. The lowest BCUT2D eigenvalue weighted by Gasteiger charge is -2.29. The second-order valence-corrected chi connectivity index (χ2v) is 5.01. The number of rotatable bonds is 6. The number of hydrogen-bond donors (Lipinski definition) is 3. The molecule has 0 amide bonds. The first-order chi connectivity index (χ1) is 10.2. The maximum Gasteiger partial charge on any atom is 0.243 e. The molecule has 9 heteroatoms. The van der Waals surface area contributed by atoms with Crippen LogP contribution in [-0.2, 0) is 4.74 Å². The van der Waals surface area contributed by atoms with Crippen LogP contribution in [0.5, 0.6) is 0 Å². The standard InChI is InChI=1S/C12H23N7O2/c1-9(2)19(3-6-20)12-15-10(17-13)14-11(16-12)18-4-7-21-8-5-18/h9,20H,3-8,13H2,1-2H3,(H,14,15,16,17). The summed E-state index contributed by atoms with van der Waals surface area (Å²) >= 11 is 0. The number of nitrogens with zero attached hydrogens (tertiary/aromatic N) is 5. The molecule has 1 aliphatic heterocycles. The van der Waals surface area contributed by atoms with Gasteiger partial charge in [0.1, 0.15) is 0 Å². The van der Waals surface area contributed by atoms with E-state index in [1.54, 1.807) is 0 Å². The number of nitrogen functional groups attached to an aromatic ring is 1. The number of aromatic nitrogens is 3. The third kappa shape index (κ3) is 3.90. The lowest BCUT2D eigenvalue weighted by atomic mass is 10.3. The highest BCUT2D eigenvalue weighted by molar-refractivity contribution is 5.45. The summed E-state index contributed by atoms with van der Waals surface area (Å²) in [5.41, 5.74) is 2.47. The predicted octanol–water partition coefficient (Wildman–Crippen LogP) is -0.799. The molecule has 1 aromatic heterocycles. The first-order valence-electron chi connectivity index (χ1n) is 7.08. The molecule has 0 bridgehead atoms. The highest BCUT2D eigenvalue weighted by Gasteiger charge is 2.20. The molecule has 0 atom stereocenters. The Kier molecular flexibility index (Phi) is 5.48. The smallest absolute Gasteiger partial charge is 0.243 e. The average molecular weight is 297 g/mol. The van der Waals surface area contributed by atoms with E-state index in [9.17, 15) is 5.11 Å². The second kappa shape index (κ2) is 7.34. The van der Waals surface area contributed by atoms with Gasteiger partial charge in [0.15, 0.2) is 0 Å². The summed E-state index contributed by atoms with van der Waals surface area (Å²) in [6.45, 7) is 7.28. The molecular weight excluding hydrogens is 274 g/mol. The van der Waals surface area contributed by atoms with E-state index in [0.717, 1.165) is 13.1 Å². The quantitative estimate of drug-likeness (QED) is 0.459. The molecule has 0 spiro atoms. The molecule has 2 heterocycles. The Labute approximate surface area is 124 Å². The SMILES string of the molecule is CC(C)N(CCO)c1nc(NN)nc(N2CCOCC2)n1. The summed E-state index contributed by atoms with van der Waals surface area (Å²) in [5.74, 6) is 6.84. The van der Waals surface area contributed by atoms with Gasteiger partial charge in [-0.1, -0.05) is 0 Å². The maximum atomic E-state index is 9.21. The van der Waals surface area contributed by atoms with Crippen LogP contribution in [0, 0.1) is 0 Å². The van der Waals surface area contributed by atoms with Crippen molar-refractivity contribution >= 4 is 17.8 Å². The van der Waals surface area contributed by atoms with Crippen LogP contribution >= 0.6 is 0 Å². The lowest BCUT2D eigenvalue weighted by Crippen LogP contribution is -2.39. The van der Waals surface area contributed by atoms with Gasteiger partial charge in [-0.2, -0.15) is 15.0 Å². The molecule has 21 heavy (non-hydrogen) atoms. The van der Waals surface area contributed by atoms with Crippen LogP contribution in [-0.4, -0.2) is 65.6 Å². The predicted molar refractivity (Wildman–Crippen MR) is 80.2 cm³/mol. The number of morpholine rings is 1. The molecule has 0 aliphatic carbocycles. The number of nitrogens with one attached hydrogen (secondary N) is 1. The molecule has 118 valence electrons. The molecule has 0 unspecified atom stereocenters. The lowest BCUT2D eigenvalue weighted by molar-refractivity contribution is 0.122. The zero-order valence-corrected chi connectivity index (χ0v) is 12.5. The van der Waals surface area contributed by atoms with Gasteiger partial charge in [0.2, 0.25) is 17.8 Å². The molecule has 0 saturated carbocycles. The highest BCUT2D eigenvalue weighted by atomic mass is 16.5. The number of nitrogens with two attached hydrogens (primary N) is 1. The van der Waals surface area contributed by atoms with Gasteiger partial charge in [-0.25, -0.2) is 5.84 Å². The summed E-state index contributed by atoms with van der Waals surface area (Å²) in [6.07, 6.45) is 0. The fraction of sp³-hybridized carbons (Fsp3) is 0.750. The third-order valence-corrected chi connectivity index (χ3v) is 3.26. The van der Waals surface area contributed by atoms with Crippen LogP contribution in [0.4, 0.5) is 17.8 Å². The van der Waals surface area contributed by atoms with Crippen molar-refractivity contribution in [1.82, 2.24) is 15.0 Å². The molecule has 2 rings (SSSR count). The van der Waals surface area contributed by atoms with Crippen LogP contribution in [0.15, 0.2) is 0 Å². The van der Waals surface area contributed by atoms with Gasteiger partial charge in [-0.05, 0) is 13.8 Å². The van der Waals surface area contributed by atoms with Gasteiger partial charge in [0, 0.05) is 25.7 Å². The van der Waals surface area contributed by atoms with Crippen molar-refractivity contribution in [2.24, 2.45) is 5.84 Å². The number of hydrogen-bond acceptors (Lipinski definition) is 9. The summed E-state index contributed by atoms with van der Waals surface area (Å²) in [4.78, 5) is 17.0. The molecule has 1 fully saturated rings. The highest BCUT2D eigenvalue weighted by Crippen LogP contribution is 2.18. The zero-order valence-electron chi connectivity index (χ0n) is 12.5. The van der Waals surface area contributed by atoms with Crippen molar-refractivity contribution < 1.29 is 9.84 Å². The minimum atomic E-state index is 0.0299. The zero-order chi connectivity index (χ0) is 15.2. The summed E-state index contributed by atoms with van der Waals surface area (Å²) < 4.78 is 5.34.